The molecule has 2 atom stereocenters. The standard InChI is InChI=1S/C24H42O8/c1-5-9-11-13-17-31-21(27)23(29,19(25)15-7-3)24(30,20(26)16-8-4)22(28)32-18-14-12-10-6-2/h29-30H,5-18H2,1-4H3. The van der Waals surface area contributed by atoms with Crippen LogP contribution in [0.15, 0.2) is 0 Å². The molecule has 0 aliphatic carbocycles. The lowest BCUT2D eigenvalue weighted by atomic mass is 9.74. The molecule has 0 aromatic rings. The molecule has 8 heteroatoms. The molecular formula is C24H42O8. The minimum Gasteiger partial charge on any atom is -0.463 e. The molecule has 32 heavy (non-hydrogen) atoms. The van der Waals surface area contributed by atoms with Crippen molar-refractivity contribution in [1.29, 1.82) is 0 Å². The van der Waals surface area contributed by atoms with Crippen molar-refractivity contribution in [2.24, 2.45) is 0 Å². The van der Waals surface area contributed by atoms with Crippen molar-refractivity contribution in [2.75, 3.05) is 13.2 Å². The predicted molar refractivity (Wildman–Crippen MR) is 120 cm³/mol. The van der Waals surface area contributed by atoms with Gasteiger partial charge in [-0.25, -0.2) is 9.59 Å². The molecule has 2 N–H and O–H groups in total. The SMILES string of the molecule is CCCCCCOC(=O)C(O)(C(=O)CCC)C(O)(C(=O)CCC)C(=O)OCCCCCC. The van der Waals surface area contributed by atoms with E-state index in [4.69, 9.17) is 9.47 Å². The summed E-state index contributed by atoms with van der Waals surface area (Å²) in [5.74, 6) is -5.29. The fourth-order valence-electron chi connectivity index (χ4n) is 3.34. The lowest BCUT2D eigenvalue weighted by Gasteiger charge is -2.37. The Labute approximate surface area is 192 Å². The molecule has 0 heterocycles. The molecule has 0 aromatic heterocycles. The maximum absolute atomic E-state index is 12.9. The Hall–Kier alpha value is -1.80. The number of ketones is 2. The Bertz CT molecular complexity index is 551. The highest BCUT2D eigenvalue weighted by molar-refractivity contribution is 6.22. The number of hydrogen-bond acceptors (Lipinski definition) is 8. The molecule has 0 saturated carbocycles. The van der Waals surface area contributed by atoms with Crippen LogP contribution in [0.1, 0.15) is 105 Å². The average Bonchev–Trinajstić information content (AvgIpc) is 2.77. The van der Waals surface area contributed by atoms with Crippen LogP contribution in [0, 0.1) is 0 Å². The van der Waals surface area contributed by atoms with Crippen LogP contribution in [0.2, 0.25) is 0 Å². The molecule has 186 valence electrons. The van der Waals surface area contributed by atoms with E-state index in [1.165, 1.54) is 0 Å². The largest absolute Gasteiger partial charge is 0.463 e. The van der Waals surface area contributed by atoms with Crippen LogP contribution in [-0.4, -0.2) is 58.1 Å². The summed E-state index contributed by atoms with van der Waals surface area (Å²) in [6.07, 6.45) is 6.07. The Kier molecular flexibility index (Phi) is 15.0. The predicted octanol–water partition coefficient (Wildman–Crippen LogP) is 3.43. The van der Waals surface area contributed by atoms with Crippen molar-refractivity contribution in [3.05, 3.63) is 0 Å². The Balaban J connectivity index is 5.91. The first-order valence-corrected chi connectivity index (χ1v) is 12.0. The van der Waals surface area contributed by atoms with Gasteiger partial charge in [-0.15, -0.1) is 0 Å². The second-order valence-electron chi connectivity index (χ2n) is 8.16. The summed E-state index contributed by atoms with van der Waals surface area (Å²) < 4.78 is 10.1. The van der Waals surface area contributed by atoms with Crippen LogP contribution in [0.4, 0.5) is 0 Å². The van der Waals surface area contributed by atoms with E-state index in [-0.39, 0.29) is 38.9 Å². The maximum atomic E-state index is 12.9. The number of rotatable bonds is 19. The normalized spacial score (nSPS) is 14.8. The Morgan fingerprint density at radius 2 is 0.906 bits per heavy atom. The Morgan fingerprint density at radius 1 is 0.562 bits per heavy atom. The van der Waals surface area contributed by atoms with Gasteiger partial charge < -0.3 is 19.7 Å². The molecule has 0 fully saturated rings. The quantitative estimate of drug-likeness (QED) is 0.171. The van der Waals surface area contributed by atoms with Gasteiger partial charge in [-0.05, 0) is 25.7 Å². The minimum atomic E-state index is -3.36. The zero-order chi connectivity index (χ0) is 24.6. The number of unbranched alkanes of at least 4 members (excludes halogenated alkanes) is 6. The maximum Gasteiger partial charge on any atom is 0.350 e. The van der Waals surface area contributed by atoms with Crippen molar-refractivity contribution in [1.82, 2.24) is 0 Å². The van der Waals surface area contributed by atoms with Gasteiger partial charge >= 0.3 is 11.9 Å². The van der Waals surface area contributed by atoms with Crippen molar-refractivity contribution in [2.45, 2.75) is 116 Å². The van der Waals surface area contributed by atoms with E-state index in [1.54, 1.807) is 13.8 Å². The number of aliphatic hydroxyl groups is 2. The van der Waals surface area contributed by atoms with Crippen LogP contribution in [0.5, 0.6) is 0 Å². The van der Waals surface area contributed by atoms with E-state index in [2.05, 4.69) is 0 Å². The molecule has 0 aromatic carbocycles. The lowest BCUT2D eigenvalue weighted by molar-refractivity contribution is -0.213. The highest BCUT2D eigenvalue weighted by Gasteiger charge is 2.69. The number of carbonyl (C=O) groups excluding carboxylic acids is 4. The molecule has 0 aliphatic rings. The molecular weight excluding hydrogens is 416 g/mol. The summed E-state index contributed by atoms with van der Waals surface area (Å²) in [5, 5.41) is 22.4. The van der Waals surface area contributed by atoms with Gasteiger partial charge in [0.1, 0.15) is 0 Å². The zero-order valence-corrected chi connectivity index (χ0v) is 20.2. The summed E-state index contributed by atoms with van der Waals surface area (Å²) in [7, 11) is 0. The second kappa shape index (κ2) is 15.9. The molecule has 0 amide bonds. The van der Waals surface area contributed by atoms with Gasteiger partial charge in [0.15, 0.2) is 11.6 Å². The molecule has 0 saturated heterocycles. The first-order chi connectivity index (χ1) is 15.2. The molecule has 0 bridgehead atoms. The summed E-state index contributed by atoms with van der Waals surface area (Å²) in [6.45, 7) is 7.08. The molecule has 8 nitrogen and oxygen atoms in total. The first-order valence-electron chi connectivity index (χ1n) is 12.0. The topological polar surface area (TPSA) is 127 Å². The van der Waals surface area contributed by atoms with E-state index in [9.17, 15) is 29.4 Å². The molecule has 0 radical (unpaired) electrons. The van der Waals surface area contributed by atoms with Gasteiger partial charge in [-0.3, -0.25) is 9.59 Å². The smallest absolute Gasteiger partial charge is 0.350 e. The number of Topliss-reactive ketones (excluding diaryl/α,β-unsaturated/α-hetero) is 2. The number of esters is 2. The average molecular weight is 459 g/mol. The minimum absolute atomic E-state index is 0.106. The highest BCUT2D eigenvalue weighted by Crippen LogP contribution is 2.32. The number of ether oxygens (including phenoxy) is 2. The van der Waals surface area contributed by atoms with Crippen molar-refractivity contribution >= 4 is 23.5 Å². The van der Waals surface area contributed by atoms with E-state index in [0.29, 0.717) is 12.8 Å². The van der Waals surface area contributed by atoms with Gasteiger partial charge in [-0.1, -0.05) is 66.2 Å². The van der Waals surface area contributed by atoms with Gasteiger partial charge in [0.25, 0.3) is 11.2 Å². The van der Waals surface area contributed by atoms with Gasteiger partial charge in [0.2, 0.25) is 0 Å². The summed E-state index contributed by atoms with van der Waals surface area (Å²) in [6, 6.07) is 0. The van der Waals surface area contributed by atoms with Gasteiger partial charge in [0.05, 0.1) is 13.2 Å². The van der Waals surface area contributed by atoms with E-state index < -0.39 is 34.7 Å². The van der Waals surface area contributed by atoms with Gasteiger partial charge in [0, 0.05) is 12.8 Å². The van der Waals surface area contributed by atoms with Crippen molar-refractivity contribution < 1.29 is 38.9 Å². The highest BCUT2D eigenvalue weighted by atomic mass is 16.6. The molecule has 0 aliphatic heterocycles. The fourth-order valence-corrected chi connectivity index (χ4v) is 3.34. The zero-order valence-electron chi connectivity index (χ0n) is 20.2. The third-order valence-electron chi connectivity index (χ3n) is 5.34. The van der Waals surface area contributed by atoms with E-state index in [1.807, 2.05) is 13.8 Å². The van der Waals surface area contributed by atoms with Crippen molar-refractivity contribution in [3.63, 3.8) is 0 Å². The van der Waals surface area contributed by atoms with Crippen LogP contribution in [-0.2, 0) is 28.7 Å². The van der Waals surface area contributed by atoms with E-state index in [0.717, 1.165) is 38.5 Å². The number of hydrogen-bond donors (Lipinski definition) is 2. The van der Waals surface area contributed by atoms with Crippen LogP contribution >= 0.6 is 0 Å². The first kappa shape index (κ1) is 30.2. The van der Waals surface area contributed by atoms with Gasteiger partial charge in [-0.2, -0.15) is 0 Å². The number of carbonyl (C=O) groups is 4. The van der Waals surface area contributed by atoms with Crippen molar-refractivity contribution in [3.8, 4) is 0 Å². The molecule has 0 rings (SSSR count). The summed E-state index contributed by atoms with van der Waals surface area (Å²) >= 11 is 0. The third kappa shape index (κ3) is 7.96. The summed E-state index contributed by atoms with van der Waals surface area (Å²) in [5.41, 5.74) is -6.72. The fraction of sp³-hybridized carbons (Fsp3) is 0.833. The molecule has 0 spiro atoms. The van der Waals surface area contributed by atoms with Crippen LogP contribution < -0.4 is 0 Å². The lowest BCUT2D eigenvalue weighted by Crippen LogP contribution is -2.72. The molecule has 2 unspecified atom stereocenters. The third-order valence-corrected chi connectivity index (χ3v) is 5.34. The van der Waals surface area contributed by atoms with Crippen LogP contribution in [0.25, 0.3) is 0 Å². The van der Waals surface area contributed by atoms with E-state index >= 15 is 0 Å². The second-order valence-corrected chi connectivity index (χ2v) is 8.16. The Morgan fingerprint density at radius 3 is 1.19 bits per heavy atom. The van der Waals surface area contributed by atoms with Crippen LogP contribution in [0.3, 0.4) is 0 Å². The monoisotopic (exact) mass is 458 g/mol. The summed E-state index contributed by atoms with van der Waals surface area (Å²) in [4.78, 5) is 51.4.